The van der Waals surface area contributed by atoms with Gasteiger partial charge in [-0.1, -0.05) is 25.0 Å². The van der Waals surface area contributed by atoms with Gasteiger partial charge in [-0.05, 0) is 31.4 Å². The molecule has 1 aromatic rings. The Morgan fingerprint density at radius 1 is 1.33 bits per heavy atom. The number of aliphatic imine (C=N–C) groups is 1. The lowest BCUT2D eigenvalue weighted by atomic mass is 9.78. The van der Waals surface area contributed by atoms with E-state index in [2.05, 4.69) is 22.5 Å². The zero-order chi connectivity index (χ0) is 14.9. The molecule has 5 heteroatoms. The van der Waals surface area contributed by atoms with Gasteiger partial charge in [0.05, 0.1) is 6.54 Å². The Hall–Kier alpha value is -1.65. The van der Waals surface area contributed by atoms with Crippen molar-refractivity contribution in [3.05, 3.63) is 35.4 Å². The van der Waals surface area contributed by atoms with Crippen LogP contribution >= 0.6 is 0 Å². The molecule has 0 radical (unpaired) electrons. The highest BCUT2D eigenvalue weighted by Gasteiger charge is 2.38. The van der Waals surface area contributed by atoms with Crippen LogP contribution in [-0.2, 0) is 5.41 Å². The molecule has 3 rings (SSSR count). The summed E-state index contributed by atoms with van der Waals surface area (Å²) in [4.78, 5) is 4.37. The maximum absolute atomic E-state index is 14.2. The molecule has 1 aliphatic carbocycles. The average molecular weight is 293 g/mol. The van der Waals surface area contributed by atoms with Crippen molar-refractivity contribution in [1.82, 2.24) is 10.6 Å². The molecule has 2 N–H and O–H groups in total. The van der Waals surface area contributed by atoms with E-state index in [9.17, 15) is 8.78 Å². The van der Waals surface area contributed by atoms with Gasteiger partial charge in [-0.15, -0.1) is 0 Å². The zero-order valence-corrected chi connectivity index (χ0v) is 12.3. The molecule has 0 spiro atoms. The molecule has 3 nitrogen and oxygen atoms in total. The minimum atomic E-state index is -0.760. The summed E-state index contributed by atoms with van der Waals surface area (Å²) in [6.45, 7) is 3.41. The second-order valence-electron chi connectivity index (χ2n) is 6.18. The van der Waals surface area contributed by atoms with Crippen molar-refractivity contribution in [1.29, 1.82) is 0 Å². The number of nitrogens with one attached hydrogen (secondary N) is 2. The van der Waals surface area contributed by atoms with Crippen LogP contribution in [0, 0.1) is 11.6 Å². The predicted molar refractivity (Wildman–Crippen MR) is 79.4 cm³/mol. The molecule has 114 valence electrons. The van der Waals surface area contributed by atoms with Crippen LogP contribution in [0.3, 0.4) is 0 Å². The topological polar surface area (TPSA) is 36.4 Å². The fourth-order valence-electron chi connectivity index (χ4n) is 3.42. The summed E-state index contributed by atoms with van der Waals surface area (Å²) in [5.41, 5.74) is 0.168. The van der Waals surface area contributed by atoms with Gasteiger partial charge in [0.25, 0.3) is 0 Å². The summed E-state index contributed by atoms with van der Waals surface area (Å²) in [5.74, 6) is -0.690. The summed E-state index contributed by atoms with van der Waals surface area (Å²) in [6.07, 6.45) is 3.86. The van der Waals surface area contributed by atoms with E-state index in [1.807, 2.05) is 0 Å². The van der Waals surface area contributed by atoms with Crippen LogP contribution in [-0.4, -0.2) is 25.1 Å². The van der Waals surface area contributed by atoms with E-state index in [0.717, 1.165) is 38.2 Å². The van der Waals surface area contributed by atoms with Gasteiger partial charge in [0.1, 0.15) is 0 Å². The Balaban J connectivity index is 1.81. The van der Waals surface area contributed by atoms with Crippen LogP contribution < -0.4 is 10.6 Å². The van der Waals surface area contributed by atoms with Gasteiger partial charge in [-0.2, -0.15) is 0 Å². The molecule has 0 amide bonds. The van der Waals surface area contributed by atoms with Gasteiger partial charge in [0, 0.05) is 18.0 Å². The number of hydrogen-bond donors (Lipinski definition) is 2. The highest BCUT2D eigenvalue weighted by atomic mass is 19.2. The number of halogens is 2. The van der Waals surface area contributed by atoms with Crippen LogP contribution in [0.4, 0.5) is 8.78 Å². The summed E-state index contributed by atoms with van der Waals surface area (Å²) < 4.78 is 27.8. The van der Waals surface area contributed by atoms with Crippen molar-refractivity contribution in [3.63, 3.8) is 0 Å². The highest BCUT2D eigenvalue weighted by molar-refractivity contribution is 5.81. The molecule has 1 saturated carbocycles. The Kier molecular flexibility index (Phi) is 3.83. The Morgan fingerprint density at radius 2 is 2.10 bits per heavy atom. The molecule has 1 fully saturated rings. The van der Waals surface area contributed by atoms with E-state index in [0.29, 0.717) is 18.2 Å². The van der Waals surface area contributed by atoms with Crippen LogP contribution in [0.5, 0.6) is 0 Å². The first-order valence-corrected chi connectivity index (χ1v) is 7.60. The van der Waals surface area contributed by atoms with Crippen molar-refractivity contribution in [2.24, 2.45) is 4.99 Å². The van der Waals surface area contributed by atoms with Crippen LogP contribution in [0.1, 0.15) is 38.2 Å². The Bertz CT molecular complexity index is 550. The fraction of sp³-hybridized carbons (Fsp3) is 0.562. The molecular formula is C16H21F2N3. The van der Waals surface area contributed by atoms with E-state index in [1.54, 1.807) is 12.1 Å². The van der Waals surface area contributed by atoms with E-state index >= 15 is 0 Å². The number of rotatable bonds is 3. The van der Waals surface area contributed by atoms with Crippen molar-refractivity contribution < 1.29 is 8.78 Å². The second kappa shape index (κ2) is 5.62. The molecule has 0 bridgehead atoms. The molecule has 1 atom stereocenters. The van der Waals surface area contributed by atoms with Crippen molar-refractivity contribution >= 4 is 5.96 Å². The first-order valence-electron chi connectivity index (χ1n) is 7.60. The maximum atomic E-state index is 14.2. The van der Waals surface area contributed by atoms with E-state index < -0.39 is 11.6 Å². The maximum Gasteiger partial charge on any atom is 0.191 e. The zero-order valence-electron chi connectivity index (χ0n) is 12.3. The Morgan fingerprint density at radius 3 is 2.76 bits per heavy atom. The summed E-state index contributed by atoms with van der Waals surface area (Å²) in [6, 6.07) is 4.83. The van der Waals surface area contributed by atoms with Crippen LogP contribution in [0.25, 0.3) is 0 Å². The molecule has 0 aromatic heterocycles. The largest absolute Gasteiger partial charge is 0.356 e. The minimum Gasteiger partial charge on any atom is -0.356 e. The Labute approximate surface area is 123 Å². The van der Waals surface area contributed by atoms with Crippen molar-refractivity contribution in [3.8, 4) is 0 Å². The number of benzene rings is 1. The quantitative estimate of drug-likeness (QED) is 0.899. The molecule has 0 saturated heterocycles. The molecular weight excluding hydrogens is 272 g/mol. The monoisotopic (exact) mass is 293 g/mol. The first-order chi connectivity index (χ1) is 10.1. The van der Waals surface area contributed by atoms with Crippen LogP contribution in [0.2, 0.25) is 0 Å². The second-order valence-corrected chi connectivity index (χ2v) is 6.18. The van der Waals surface area contributed by atoms with Crippen LogP contribution in [0.15, 0.2) is 23.2 Å². The molecule has 1 aromatic carbocycles. The number of nitrogens with zero attached hydrogens (tertiary/aromatic N) is 1. The van der Waals surface area contributed by atoms with Gasteiger partial charge in [-0.3, -0.25) is 4.99 Å². The summed E-state index contributed by atoms with van der Waals surface area (Å²) in [7, 11) is 0. The number of guanidine groups is 1. The third-order valence-corrected chi connectivity index (χ3v) is 4.58. The predicted octanol–water partition coefficient (Wildman–Crippen LogP) is 2.71. The molecule has 1 aliphatic heterocycles. The van der Waals surface area contributed by atoms with Gasteiger partial charge in [0.2, 0.25) is 0 Å². The third kappa shape index (κ3) is 2.74. The van der Waals surface area contributed by atoms with Crippen molar-refractivity contribution in [2.75, 3.05) is 13.1 Å². The van der Waals surface area contributed by atoms with E-state index in [-0.39, 0.29) is 5.41 Å². The lowest BCUT2D eigenvalue weighted by Gasteiger charge is -2.31. The normalized spacial score (nSPS) is 23.8. The van der Waals surface area contributed by atoms with Gasteiger partial charge in [-0.25, -0.2) is 8.78 Å². The smallest absolute Gasteiger partial charge is 0.191 e. The van der Waals surface area contributed by atoms with Gasteiger partial charge < -0.3 is 10.6 Å². The average Bonchev–Trinajstić information content (AvgIpc) is 3.09. The van der Waals surface area contributed by atoms with Gasteiger partial charge >= 0.3 is 0 Å². The minimum absolute atomic E-state index is 0.331. The molecule has 1 heterocycles. The molecule has 21 heavy (non-hydrogen) atoms. The lowest BCUT2D eigenvalue weighted by Crippen LogP contribution is -2.44. The summed E-state index contributed by atoms with van der Waals surface area (Å²) >= 11 is 0. The SMILES string of the molecule is CC1CN=C(NCC2(c3cccc(F)c3F)CCCC2)N1. The third-order valence-electron chi connectivity index (χ3n) is 4.58. The number of hydrogen-bond acceptors (Lipinski definition) is 3. The van der Waals surface area contributed by atoms with Crippen molar-refractivity contribution in [2.45, 2.75) is 44.1 Å². The molecule has 2 aliphatic rings. The van der Waals surface area contributed by atoms with E-state index in [4.69, 9.17) is 0 Å². The highest BCUT2D eigenvalue weighted by Crippen LogP contribution is 2.42. The fourth-order valence-corrected chi connectivity index (χ4v) is 3.42. The first kappa shape index (κ1) is 14.3. The molecule has 1 unspecified atom stereocenters. The van der Waals surface area contributed by atoms with E-state index in [1.165, 1.54) is 6.07 Å². The lowest BCUT2D eigenvalue weighted by molar-refractivity contribution is 0.395. The standard InChI is InChI=1S/C16H21F2N3/c1-11-9-19-15(21-11)20-10-16(7-2-3-8-16)12-5-4-6-13(17)14(12)18/h4-6,11H,2-3,7-10H2,1H3,(H2,19,20,21). The summed E-state index contributed by atoms with van der Waals surface area (Å²) in [5, 5.41) is 6.53. The van der Waals surface area contributed by atoms with Gasteiger partial charge in [0.15, 0.2) is 17.6 Å².